The minimum Gasteiger partial charge on any atom is -0.305 e. The van der Waals surface area contributed by atoms with Crippen molar-refractivity contribution < 1.29 is 20.1 Å². The number of rotatable bonds is 5. The summed E-state index contributed by atoms with van der Waals surface area (Å²) in [4.78, 5) is 13.7. The third kappa shape index (κ3) is 7.68. The van der Waals surface area contributed by atoms with E-state index in [1.165, 1.54) is 60.7 Å². The summed E-state index contributed by atoms with van der Waals surface area (Å²) in [5.74, 6) is 0. The molecular formula is C50H37IrN3-2. The van der Waals surface area contributed by atoms with E-state index in [0.29, 0.717) is 0 Å². The molecule has 1 radical (unpaired) electrons. The van der Waals surface area contributed by atoms with E-state index in [1.807, 2.05) is 85.3 Å². The molecular weight excluding hydrogens is 835 g/mol. The van der Waals surface area contributed by atoms with Gasteiger partial charge in [0, 0.05) is 44.1 Å². The molecule has 0 N–H and O–H groups in total. The maximum Gasteiger partial charge on any atom is 0.0714 e. The van der Waals surface area contributed by atoms with Gasteiger partial charge in [-0.25, -0.2) is 0 Å². The van der Waals surface area contributed by atoms with Crippen LogP contribution in [0, 0.1) is 32.9 Å². The molecule has 263 valence electrons. The van der Waals surface area contributed by atoms with Gasteiger partial charge in [-0.3, -0.25) is 4.98 Å². The molecule has 0 saturated heterocycles. The summed E-state index contributed by atoms with van der Waals surface area (Å²) >= 11 is 0. The molecule has 54 heavy (non-hydrogen) atoms. The van der Waals surface area contributed by atoms with Crippen LogP contribution in [0.1, 0.15) is 16.7 Å². The van der Waals surface area contributed by atoms with Gasteiger partial charge in [0.2, 0.25) is 0 Å². The molecule has 3 nitrogen and oxygen atoms in total. The van der Waals surface area contributed by atoms with E-state index < -0.39 is 0 Å². The number of hydrogen-bond donors (Lipinski definition) is 0. The van der Waals surface area contributed by atoms with Crippen molar-refractivity contribution in [2.24, 2.45) is 0 Å². The van der Waals surface area contributed by atoms with Gasteiger partial charge in [-0.2, -0.15) is 0 Å². The van der Waals surface area contributed by atoms with Crippen LogP contribution < -0.4 is 0 Å². The van der Waals surface area contributed by atoms with Crippen molar-refractivity contribution in [3.63, 3.8) is 0 Å². The summed E-state index contributed by atoms with van der Waals surface area (Å²) in [5, 5.41) is 3.69. The molecule has 9 aromatic rings. The van der Waals surface area contributed by atoms with Crippen molar-refractivity contribution in [3.05, 3.63) is 199 Å². The van der Waals surface area contributed by atoms with Crippen molar-refractivity contribution in [1.82, 2.24) is 15.0 Å². The molecule has 3 aromatic heterocycles. The van der Waals surface area contributed by atoms with Gasteiger partial charge in [-0.1, -0.05) is 115 Å². The minimum absolute atomic E-state index is 0. The molecule has 0 unspecified atom stereocenters. The summed E-state index contributed by atoms with van der Waals surface area (Å²) < 4.78 is 0. The fourth-order valence-corrected chi connectivity index (χ4v) is 6.97. The second-order valence-corrected chi connectivity index (χ2v) is 13.3. The number of hydrogen-bond acceptors (Lipinski definition) is 3. The molecule has 0 aliphatic carbocycles. The summed E-state index contributed by atoms with van der Waals surface area (Å²) in [7, 11) is 0. The molecule has 0 spiro atoms. The van der Waals surface area contributed by atoms with E-state index in [4.69, 9.17) is 4.98 Å². The fourth-order valence-electron chi connectivity index (χ4n) is 6.97. The van der Waals surface area contributed by atoms with Crippen molar-refractivity contribution in [2.45, 2.75) is 20.8 Å². The summed E-state index contributed by atoms with van der Waals surface area (Å²) in [6.45, 7) is 6.41. The molecule has 0 atom stereocenters. The molecule has 0 bridgehead atoms. The standard InChI is InChI=1S/C33H25N2.C17H12N.Ir/c1-21-14-25(29-18-24(12-11-23(29)3)32-10-6-7-13-34-32)17-26(15-21)30-19-33-31(16-22(2)20-35-33)28-9-5-4-8-27(28)30;1-2-8-14(9-3-1)15-10-4-5-11-16(15)17-12-6-7-13-18-17;/h4-11,13-20H,1-3H3;1-10,12-13H;/q2*-1;. The number of benzene rings is 6. The monoisotopic (exact) mass is 872 g/mol. The number of pyridine rings is 3. The van der Waals surface area contributed by atoms with Crippen molar-refractivity contribution in [1.29, 1.82) is 0 Å². The molecule has 9 rings (SSSR count). The first-order chi connectivity index (χ1) is 26.0. The zero-order chi connectivity index (χ0) is 36.1. The van der Waals surface area contributed by atoms with Gasteiger partial charge < -0.3 is 9.97 Å². The van der Waals surface area contributed by atoms with E-state index in [0.717, 1.165) is 33.6 Å². The molecule has 0 fully saturated rings. The number of aromatic nitrogens is 3. The van der Waals surface area contributed by atoms with E-state index in [-0.39, 0.29) is 20.1 Å². The maximum absolute atomic E-state index is 4.77. The van der Waals surface area contributed by atoms with Gasteiger partial charge in [0.15, 0.2) is 0 Å². The Bertz CT molecular complexity index is 2630. The smallest absolute Gasteiger partial charge is 0.0714 e. The summed E-state index contributed by atoms with van der Waals surface area (Å²) in [6, 6.07) is 59.2. The molecule has 0 aliphatic heterocycles. The Balaban J connectivity index is 0.000000200. The molecule has 0 aliphatic rings. The molecule has 0 amide bonds. The zero-order valence-electron chi connectivity index (χ0n) is 30.3. The van der Waals surface area contributed by atoms with Crippen molar-refractivity contribution in [2.75, 3.05) is 0 Å². The van der Waals surface area contributed by atoms with Crippen LogP contribution in [-0.2, 0) is 20.1 Å². The first-order valence-corrected chi connectivity index (χ1v) is 17.8. The predicted molar refractivity (Wildman–Crippen MR) is 220 cm³/mol. The Kier molecular flexibility index (Phi) is 11.0. The molecule has 0 saturated carbocycles. The Morgan fingerprint density at radius 1 is 0.463 bits per heavy atom. The summed E-state index contributed by atoms with van der Waals surface area (Å²) in [6.07, 6.45) is 5.59. The zero-order valence-corrected chi connectivity index (χ0v) is 32.7. The third-order valence-corrected chi connectivity index (χ3v) is 9.50. The van der Waals surface area contributed by atoms with Crippen LogP contribution in [0.15, 0.2) is 170 Å². The van der Waals surface area contributed by atoms with Gasteiger partial charge >= 0.3 is 0 Å². The third-order valence-electron chi connectivity index (χ3n) is 9.50. The van der Waals surface area contributed by atoms with Gasteiger partial charge in [-0.05, 0) is 94.2 Å². The first-order valence-electron chi connectivity index (χ1n) is 17.8. The second-order valence-electron chi connectivity index (χ2n) is 13.3. The van der Waals surface area contributed by atoms with Crippen LogP contribution in [0.25, 0.3) is 77.6 Å². The van der Waals surface area contributed by atoms with Gasteiger partial charge in [-0.15, -0.1) is 59.2 Å². The van der Waals surface area contributed by atoms with E-state index >= 15 is 0 Å². The van der Waals surface area contributed by atoms with E-state index in [1.54, 1.807) is 0 Å². The quantitative estimate of drug-likeness (QED) is 0.128. The van der Waals surface area contributed by atoms with E-state index in [9.17, 15) is 0 Å². The van der Waals surface area contributed by atoms with Gasteiger partial charge in [0.25, 0.3) is 0 Å². The molecule has 6 aromatic carbocycles. The van der Waals surface area contributed by atoms with Crippen LogP contribution in [0.5, 0.6) is 0 Å². The topological polar surface area (TPSA) is 38.7 Å². The molecule has 3 heterocycles. The van der Waals surface area contributed by atoms with Crippen LogP contribution in [-0.4, -0.2) is 15.0 Å². The largest absolute Gasteiger partial charge is 0.305 e. The van der Waals surface area contributed by atoms with E-state index in [2.05, 4.69) is 128 Å². The maximum atomic E-state index is 4.77. The van der Waals surface area contributed by atoms with Gasteiger partial charge in [0.1, 0.15) is 0 Å². The Labute approximate surface area is 330 Å². The number of nitrogens with zero attached hydrogens (tertiary/aromatic N) is 3. The van der Waals surface area contributed by atoms with Gasteiger partial charge in [0.05, 0.1) is 5.52 Å². The second kappa shape index (κ2) is 16.3. The van der Waals surface area contributed by atoms with Crippen molar-refractivity contribution in [3.8, 4) is 55.9 Å². The van der Waals surface area contributed by atoms with Crippen LogP contribution in [0.3, 0.4) is 0 Å². The predicted octanol–water partition coefficient (Wildman–Crippen LogP) is 12.7. The normalized spacial score (nSPS) is 10.7. The number of aryl methyl sites for hydroxylation is 3. The first kappa shape index (κ1) is 36.3. The van der Waals surface area contributed by atoms with Crippen molar-refractivity contribution >= 4 is 21.7 Å². The van der Waals surface area contributed by atoms with Crippen LogP contribution in [0.2, 0.25) is 0 Å². The Morgan fingerprint density at radius 3 is 1.89 bits per heavy atom. The fraction of sp³-hybridized carbons (Fsp3) is 0.0600. The van der Waals surface area contributed by atoms with Crippen LogP contribution in [0.4, 0.5) is 0 Å². The number of fused-ring (bicyclic) bond motifs is 3. The van der Waals surface area contributed by atoms with Crippen LogP contribution >= 0.6 is 0 Å². The minimum atomic E-state index is 0. The average molecular weight is 872 g/mol. The Morgan fingerprint density at radius 2 is 1.15 bits per heavy atom. The summed E-state index contributed by atoms with van der Waals surface area (Å²) in [5.41, 5.74) is 15.7. The SMILES string of the molecule is Cc1cc(-c2cc(-c3ccccn3)[c-]cc2C)cc(-c2cc3ncc(C)cc3c3ccccc23)c1.[Ir].[c-]1cccc(-c2ccccc2)c1-c1ccccn1. The molecule has 4 heteroatoms. The Hall–Kier alpha value is -6.06. The average Bonchev–Trinajstić information content (AvgIpc) is 3.22.